The van der Waals surface area contributed by atoms with Gasteiger partial charge in [-0.15, -0.1) is 0 Å². The molecule has 5 rings (SSSR count). The van der Waals surface area contributed by atoms with Crippen molar-refractivity contribution in [1.82, 2.24) is 20.7 Å². The maximum absolute atomic E-state index is 13.3. The summed E-state index contributed by atoms with van der Waals surface area (Å²) in [5.74, 6) is 0.182. The number of hydrogen-bond donors (Lipinski definition) is 3. The normalized spacial score (nSPS) is 34.3. The highest BCUT2D eigenvalue weighted by Crippen LogP contribution is 2.46. The van der Waals surface area contributed by atoms with Crippen molar-refractivity contribution in [3.63, 3.8) is 0 Å². The summed E-state index contributed by atoms with van der Waals surface area (Å²) in [4.78, 5) is 18.6. The molecule has 3 heterocycles. The lowest BCUT2D eigenvalue weighted by molar-refractivity contribution is -0.178. The maximum Gasteiger partial charge on any atom is 0.406 e. The predicted molar refractivity (Wildman–Crippen MR) is 106 cm³/mol. The summed E-state index contributed by atoms with van der Waals surface area (Å²) in [7, 11) is 0. The molecule has 4 aliphatic rings. The number of carbonyl (C=O) groups excluding carboxylic acids is 1. The average Bonchev–Trinajstić information content (AvgIpc) is 3.17. The lowest BCUT2D eigenvalue weighted by Crippen LogP contribution is -2.63. The first-order valence-electron chi connectivity index (χ1n) is 11.0. The van der Waals surface area contributed by atoms with Crippen LogP contribution in [-0.2, 0) is 4.79 Å². The first-order chi connectivity index (χ1) is 14.4. The van der Waals surface area contributed by atoms with Gasteiger partial charge < -0.3 is 10.2 Å². The zero-order chi connectivity index (χ0) is 20.9. The molecule has 2 saturated heterocycles. The van der Waals surface area contributed by atoms with E-state index in [1.54, 1.807) is 6.20 Å². The molecular formula is C21H28F3N5O. The quantitative estimate of drug-likeness (QED) is 0.695. The first-order valence-corrected chi connectivity index (χ1v) is 11.0. The molecule has 0 spiro atoms. The number of alkyl halides is 3. The van der Waals surface area contributed by atoms with Crippen molar-refractivity contribution >= 4 is 11.7 Å². The van der Waals surface area contributed by atoms with Gasteiger partial charge in [-0.1, -0.05) is 6.07 Å². The van der Waals surface area contributed by atoms with Gasteiger partial charge in [0.2, 0.25) is 5.91 Å². The zero-order valence-electron chi connectivity index (χ0n) is 16.8. The number of rotatable bonds is 4. The molecule has 4 fully saturated rings. The number of hydrazine groups is 1. The molecule has 5 atom stereocenters. The summed E-state index contributed by atoms with van der Waals surface area (Å²) in [5, 5.41) is 3.52. The number of pyridine rings is 1. The Morgan fingerprint density at radius 2 is 2.07 bits per heavy atom. The third-order valence-corrected chi connectivity index (χ3v) is 7.43. The molecular weight excluding hydrogens is 395 g/mol. The molecule has 0 radical (unpaired) electrons. The molecule has 164 valence electrons. The number of nitrogens with one attached hydrogen (secondary N) is 3. The number of anilines is 1. The van der Waals surface area contributed by atoms with Crippen LogP contribution >= 0.6 is 0 Å². The van der Waals surface area contributed by atoms with Crippen LogP contribution in [0.5, 0.6) is 0 Å². The highest BCUT2D eigenvalue weighted by molar-refractivity contribution is 5.82. The number of nitrogens with zero attached hydrogens (tertiary/aromatic N) is 2. The van der Waals surface area contributed by atoms with E-state index in [1.807, 2.05) is 12.1 Å². The van der Waals surface area contributed by atoms with E-state index in [0.29, 0.717) is 19.0 Å². The van der Waals surface area contributed by atoms with Crippen LogP contribution in [0.4, 0.5) is 19.0 Å². The van der Waals surface area contributed by atoms with Gasteiger partial charge >= 0.3 is 6.18 Å². The molecule has 5 unspecified atom stereocenters. The standard InChI is InChI=1S/C21H28F3N5O/c22-21(23,24)11-29-17-9-12(6-7-15(17)18-16(20(29)30)10-26-28-18)14-5-2-8-25-19(14)27-13-3-1-4-13/h2,5,8,12-13,15-18,26,28H,1,3-4,6-7,9-11H2,(H,25,27). The summed E-state index contributed by atoms with van der Waals surface area (Å²) in [6.45, 7) is -0.772. The second-order valence-electron chi connectivity index (χ2n) is 9.19. The maximum atomic E-state index is 13.3. The second-order valence-corrected chi connectivity index (χ2v) is 9.19. The van der Waals surface area contributed by atoms with E-state index in [0.717, 1.165) is 42.0 Å². The Hall–Kier alpha value is -1.87. The fourth-order valence-corrected chi connectivity index (χ4v) is 5.77. The highest BCUT2D eigenvalue weighted by atomic mass is 19.4. The van der Waals surface area contributed by atoms with Crippen LogP contribution in [0, 0.1) is 11.8 Å². The van der Waals surface area contributed by atoms with Crippen LogP contribution in [-0.4, -0.2) is 53.2 Å². The fraction of sp³-hybridized carbons (Fsp3) is 0.714. The number of halogens is 3. The number of likely N-dealkylation sites (tertiary alicyclic amines) is 1. The minimum Gasteiger partial charge on any atom is -0.367 e. The Bertz CT molecular complexity index is 799. The van der Waals surface area contributed by atoms with E-state index < -0.39 is 24.7 Å². The highest BCUT2D eigenvalue weighted by Gasteiger charge is 2.54. The largest absolute Gasteiger partial charge is 0.406 e. The number of piperidine rings is 1. The molecule has 1 amide bonds. The molecule has 2 saturated carbocycles. The van der Waals surface area contributed by atoms with Crippen LogP contribution in [0.2, 0.25) is 0 Å². The summed E-state index contributed by atoms with van der Waals surface area (Å²) < 4.78 is 40.0. The van der Waals surface area contributed by atoms with Gasteiger partial charge in [-0.2, -0.15) is 13.2 Å². The van der Waals surface area contributed by atoms with Crippen LogP contribution in [0.3, 0.4) is 0 Å². The van der Waals surface area contributed by atoms with E-state index in [-0.39, 0.29) is 23.8 Å². The second kappa shape index (κ2) is 7.67. The first kappa shape index (κ1) is 20.1. The minimum absolute atomic E-state index is 0.0287. The number of carbonyl (C=O) groups is 1. The van der Waals surface area contributed by atoms with E-state index >= 15 is 0 Å². The summed E-state index contributed by atoms with van der Waals surface area (Å²) in [6.07, 6.45) is 3.06. The van der Waals surface area contributed by atoms with Crippen molar-refractivity contribution in [2.75, 3.05) is 18.4 Å². The third kappa shape index (κ3) is 3.66. The molecule has 1 aromatic rings. The van der Waals surface area contributed by atoms with Crippen LogP contribution in [0.15, 0.2) is 18.3 Å². The molecule has 2 aliphatic carbocycles. The van der Waals surface area contributed by atoms with Gasteiger partial charge in [0.25, 0.3) is 0 Å². The minimum atomic E-state index is -4.40. The molecule has 1 aromatic heterocycles. The number of hydrogen-bond acceptors (Lipinski definition) is 5. The molecule has 0 aromatic carbocycles. The van der Waals surface area contributed by atoms with Gasteiger partial charge in [0, 0.05) is 30.9 Å². The smallest absolute Gasteiger partial charge is 0.367 e. The van der Waals surface area contributed by atoms with Gasteiger partial charge in [-0.3, -0.25) is 15.6 Å². The van der Waals surface area contributed by atoms with Crippen molar-refractivity contribution in [1.29, 1.82) is 0 Å². The van der Waals surface area contributed by atoms with Crippen LogP contribution in [0.25, 0.3) is 0 Å². The zero-order valence-corrected chi connectivity index (χ0v) is 16.8. The molecule has 2 aliphatic heterocycles. The summed E-state index contributed by atoms with van der Waals surface area (Å²) >= 11 is 0. The van der Waals surface area contributed by atoms with Crippen molar-refractivity contribution in [2.24, 2.45) is 11.8 Å². The van der Waals surface area contributed by atoms with Gasteiger partial charge in [0.15, 0.2) is 0 Å². The van der Waals surface area contributed by atoms with Crippen molar-refractivity contribution < 1.29 is 18.0 Å². The van der Waals surface area contributed by atoms with Gasteiger partial charge in [-0.05, 0) is 62.0 Å². The summed E-state index contributed by atoms with van der Waals surface area (Å²) in [6, 6.07) is 3.86. The molecule has 30 heavy (non-hydrogen) atoms. The van der Waals surface area contributed by atoms with Crippen LogP contribution < -0.4 is 16.2 Å². The topological polar surface area (TPSA) is 69.3 Å². The summed E-state index contributed by atoms with van der Waals surface area (Å²) in [5.41, 5.74) is 7.25. The third-order valence-electron chi connectivity index (χ3n) is 7.43. The van der Waals surface area contributed by atoms with Crippen LogP contribution in [0.1, 0.15) is 50.0 Å². The molecule has 6 nitrogen and oxygen atoms in total. The monoisotopic (exact) mass is 423 g/mol. The number of fused-ring (bicyclic) bond motifs is 3. The fourth-order valence-electron chi connectivity index (χ4n) is 5.77. The Kier molecular flexibility index (Phi) is 5.13. The Labute approximate surface area is 174 Å². The molecule has 0 bridgehead atoms. The van der Waals surface area contributed by atoms with Crippen molar-refractivity contribution in [3.8, 4) is 0 Å². The van der Waals surface area contributed by atoms with Crippen molar-refractivity contribution in [2.45, 2.75) is 68.7 Å². The average molecular weight is 423 g/mol. The van der Waals surface area contributed by atoms with E-state index in [1.165, 1.54) is 6.42 Å². The van der Waals surface area contributed by atoms with E-state index in [4.69, 9.17) is 0 Å². The van der Waals surface area contributed by atoms with Gasteiger partial charge in [0.05, 0.1) is 5.92 Å². The number of aromatic nitrogens is 1. The lowest BCUT2D eigenvalue weighted by Gasteiger charge is -2.50. The molecule has 9 heteroatoms. The van der Waals surface area contributed by atoms with Crippen molar-refractivity contribution in [3.05, 3.63) is 23.9 Å². The SMILES string of the molecule is O=C1C2CNNC2C2CCC(c3cccnc3NC3CCC3)CC2N1CC(F)(F)F. The predicted octanol–water partition coefficient (Wildman–Crippen LogP) is 2.80. The van der Waals surface area contributed by atoms with E-state index in [2.05, 4.69) is 21.2 Å². The Morgan fingerprint density at radius 1 is 1.23 bits per heavy atom. The van der Waals surface area contributed by atoms with Gasteiger partial charge in [-0.25, -0.2) is 4.98 Å². The molecule has 3 N–H and O–H groups in total. The lowest BCUT2D eigenvalue weighted by atomic mass is 9.67. The number of amides is 1. The van der Waals surface area contributed by atoms with Gasteiger partial charge in [0.1, 0.15) is 12.4 Å². The Balaban J connectivity index is 1.41. The Morgan fingerprint density at radius 3 is 2.80 bits per heavy atom. The van der Waals surface area contributed by atoms with E-state index in [9.17, 15) is 18.0 Å².